The van der Waals surface area contributed by atoms with Crippen LogP contribution < -0.4 is 5.32 Å². The van der Waals surface area contributed by atoms with Crippen molar-refractivity contribution in [3.05, 3.63) is 35.4 Å². The van der Waals surface area contributed by atoms with E-state index >= 15 is 0 Å². The first-order chi connectivity index (χ1) is 10.9. The van der Waals surface area contributed by atoms with E-state index in [1.54, 1.807) is 4.31 Å². The molecule has 1 aromatic carbocycles. The summed E-state index contributed by atoms with van der Waals surface area (Å²) in [5.41, 5.74) is 2.67. The highest BCUT2D eigenvalue weighted by Gasteiger charge is 2.34. The molecule has 1 aliphatic heterocycles. The van der Waals surface area contributed by atoms with E-state index in [9.17, 15) is 8.42 Å². The molecule has 0 aromatic heterocycles. The number of nitrogens with zero attached hydrogens (tertiary/aromatic N) is 1. The van der Waals surface area contributed by atoms with Crippen LogP contribution in [0, 0.1) is 18.8 Å². The molecule has 4 nitrogen and oxygen atoms in total. The lowest BCUT2D eigenvalue weighted by Gasteiger charge is -2.38. The second kappa shape index (κ2) is 6.91. The summed E-state index contributed by atoms with van der Waals surface area (Å²) in [6, 6.07) is 9.27. The molecule has 0 amide bonds. The SMILES string of the molecule is Cc1ccc([C@@H](NCC2CN(S(C)(=O)=O)C2)C2CCCC2)cc1. The monoisotopic (exact) mass is 336 g/mol. The summed E-state index contributed by atoms with van der Waals surface area (Å²) in [5.74, 6) is 1.16. The Labute approximate surface area is 140 Å². The van der Waals surface area contributed by atoms with Crippen molar-refractivity contribution in [3.8, 4) is 0 Å². The molecule has 1 saturated heterocycles. The minimum atomic E-state index is -3.00. The Bertz CT molecular complexity index is 615. The standard InChI is InChI=1S/C18H28N2O2S/c1-14-7-9-17(10-8-14)18(16-5-3-4-6-16)19-11-15-12-20(13-15)23(2,21)22/h7-10,15-16,18-19H,3-6,11-13H2,1-2H3/t18-/m0/s1. The molecular formula is C18H28N2O2S. The van der Waals surface area contributed by atoms with E-state index in [4.69, 9.17) is 0 Å². The molecule has 1 heterocycles. The van der Waals surface area contributed by atoms with Crippen molar-refractivity contribution >= 4 is 10.0 Å². The highest BCUT2D eigenvalue weighted by atomic mass is 32.2. The van der Waals surface area contributed by atoms with Crippen LogP contribution in [0.15, 0.2) is 24.3 Å². The summed E-state index contributed by atoms with van der Waals surface area (Å²) in [5, 5.41) is 3.75. The van der Waals surface area contributed by atoms with Crippen LogP contribution in [0.3, 0.4) is 0 Å². The maximum atomic E-state index is 11.5. The Balaban J connectivity index is 1.60. The van der Waals surface area contributed by atoms with Gasteiger partial charge in [0.2, 0.25) is 10.0 Å². The van der Waals surface area contributed by atoms with E-state index in [0.717, 1.165) is 6.54 Å². The van der Waals surface area contributed by atoms with Crippen LogP contribution in [0.5, 0.6) is 0 Å². The normalized spacial score (nSPS) is 22.2. The number of nitrogens with one attached hydrogen (secondary N) is 1. The highest BCUT2D eigenvalue weighted by molar-refractivity contribution is 7.88. The summed E-state index contributed by atoms with van der Waals surface area (Å²) < 4.78 is 24.5. The zero-order valence-corrected chi connectivity index (χ0v) is 15.0. The molecule has 128 valence electrons. The van der Waals surface area contributed by atoms with Crippen LogP contribution >= 0.6 is 0 Å². The van der Waals surface area contributed by atoms with Gasteiger partial charge in [-0.05, 0) is 37.2 Å². The molecule has 3 rings (SSSR count). The fourth-order valence-electron chi connectivity index (χ4n) is 3.84. The number of hydrogen-bond acceptors (Lipinski definition) is 3. The second-order valence-electron chi connectivity index (χ2n) is 7.29. The fourth-order valence-corrected chi connectivity index (χ4v) is 4.80. The largest absolute Gasteiger partial charge is 0.309 e. The van der Waals surface area contributed by atoms with Gasteiger partial charge in [-0.1, -0.05) is 42.7 Å². The molecule has 5 heteroatoms. The van der Waals surface area contributed by atoms with Crippen molar-refractivity contribution in [1.29, 1.82) is 0 Å². The fraction of sp³-hybridized carbons (Fsp3) is 0.667. The first kappa shape index (κ1) is 16.9. The Morgan fingerprint density at radius 1 is 1.17 bits per heavy atom. The molecule has 1 N–H and O–H groups in total. The van der Waals surface area contributed by atoms with Gasteiger partial charge in [-0.2, -0.15) is 0 Å². The molecule has 0 spiro atoms. The van der Waals surface area contributed by atoms with Gasteiger partial charge in [-0.25, -0.2) is 12.7 Å². The Hall–Kier alpha value is -0.910. The molecule has 1 atom stereocenters. The Morgan fingerprint density at radius 3 is 2.35 bits per heavy atom. The molecule has 2 fully saturated rings. The van der Waals surface area contributed by atoms with Gasteiger partial charge in [0, 0.05) is 25.7 Å². The van der Waals surface area contributed by atoms with E-state index < -0.39 is 10.0 Å². The molecule has 2 aliphatic rings. The van der Waals surface area contributed by atoms with Gasteiger partial charge in [0.05, 0.1) is 6.26 Å². The van der Waals surface area contributed by atoms with Gasteiger partial charge in [-0.15, -0.1) is 0 Å². The minimum absolute atomic E-state index is 0.408. The lowest BCUT2D eigenvalue weighted by molar-refractivity contribution is 0.186. The lowest BCUT2D eigenvalue weighted by atomic mass is 9.90. The van der Waals surface area contributed by atoms with Gasteiger partial charge in [0.25, 0.3) is 0 Å². The summed E-state index contributed by atoms with van der Waals surface area (Å²) in [6.07, 6.45) is 6.56. The van der Waals surface area contributed by atoms with E-state index in [0.29, 0.717) is 31.0 Å². The third-order valence-corrected chi connectivity index (χ3v) is 6.56. The number of sulfonamides is 1. The maximum absolute atomic E-state index is 11.5. The van der Waals surface area contributed by atoms with Crippen molar-refractivity contribution in [1.82, 2.24) is 9.62 Å². The molecule has 0 bridgehead atoms. The van der Waals surface area contributed by atoms with E-state index in [1.165, 1.54) is 43.1 Å². The molecule has 1 aliphatic carbocycles. The van der Waals surface area contributed by atoms with Crippen LogP contribution in [0.2, 0.25) is 0 Å². The molecular weight excluding hydrogens is 308 g/mol. The van der Waals surface area contributed by atoms with Crippen molar-refractivity contribution in [2.24, 2.45) is 11.8 Å². The van der Waals surface area contributed by atoms with Crippen LogP contribution in [-0.4, -0.2) is 38.6 Å². The van der Waals surface area contributed by atoms with Crippen LogP contribution in [0.1, 0.15) is 42.9 Å². The smallest absolute Gasteiger partial charge is 0.211 e. The Kier molecular flexibility index (Phi) is 5.09. The third kappa shape index (κ3) is 4.14. The summed E-state index contributed by atoms with van der Waals surface area (Å²) in [7, 11) is -3.00. The maximum Gasteiger partial charge on any atom is 0.211 e. The average Bonchev–Trinajstić information content (AvgIpc) is 2.95. The van der Waals surface area contributed by atoms with Gasteiger partial charge in [-0.3, -0.25) is 0 Å². The molecule has 23 heavy (non-hydrogen) atoms. The Morgan fingerprint density at radius 2 is 1.78 bits per heavy atom. The number of rotatable bonds is 6. The van der Waals surface area contributed by atoms with E-state index in [-0.39, 0.29) is 0 Å². The van der Waals surface area contributed by atoms with E-state index in [1.807, 2.05) is 0 Å². The van der Waals surface area contributed by atoms with Crippen LogP contribution in [0.4, 0.5) is 0 Å². The number of benzene rings is 1. The average molecular weight is 337 g/mol. The van der Waals surface area contributed by atoms with Gasteiger partial charge in [0.15, 0.2) is 0 Å². The zero-order valence-electron chi connectivity index (χ0n) is 14.2. The second-order valence-corrected chi connectivity index (χ2v) is 9.27. The summed E-state index contributed by atoms with van der Waals surface area (Å²) in [6.45, 7) is 4.35. The quantitative estimate of drug-likeness (QED) is 0.869. The zero-order chi connectivity index (χ0) is 16.4. The van der Waals surface area contributed by atoms with Crippen molar-refractivity contribution in [3.63, 3.8) is 0 Å². The predicted octanol–water partition coefficient (Wildman–Crippen LogP) is 2.71. The van der Waals surface area contributed by atoms with Gasteiger partial charge >= 0.3 is 0 Å². The number of hydrogen-bond donors (Lipinski definition) is 1. The molecule has 1 saturated carbocycles. The highest BCUT2D eigenvalue weighted by Crippen LogP contribution is 2.36. The third-order valence-electron chi connectivity index (χ3n) is 5.33. The summed E-state index contributed by atoms with van der Waals surface area (Å²) in [4.78, 5) is 0. The van der Waals surface area contributed by atoms with Crippen molar-refractivity contribution in [2.45, 2.75) is 38.6 Å². The first-order valence-electron chi connectivity index (χ1n) is 8.68. The minimum Gasteiger partial charge on any atom is -0.309 e. The number of aryl methyl sites for hydroxylation is 1. The van der Waals surface area contributed by atoms with Gasteiger partial charge in [0.1, 0.15) is 0 Å². The first-order valence-corrected chi connectivity index (χ1v) is 10.5. The summed E-state index contributed by atoms with van der Waals surface area (Å²) >= 11 is 0. The molecule has 0 unspecified atom stereocenters. The molecule has 1 aromatic rings. The van der Waals surface area contributed by atoms with Crippen LogP contribution in [-0.2, 0) is 10.0 Å². The van der Waals surface area contributed by atoms with Crippen molar-refractivity contribution in [2.75, 3.05) is 25.9 Å². The van der Waals surface area contributed by atoms with E-state index in [2.05, 4.69) is 36.5 Å². The van der Waals surface area contributed by atoms with Gasteiger partial charge < -0.3 is 5.32 Å². The lowest BCUT2D eigenvalue weighted by Crippen LogP contribution is -2.53. The predicted molar refractivity (Wildman–Crippen MR) is 93.8 cm³/mol. The molecule has 0 radical (unpaired) electrons. The topological polar surface area (TPSA) is 49.4 Å². The van der Waals surface area contributed by atoms with Crippen molar-refractivity contribution < 1.29 is 8.42 Å². The van der Waals surface area contributed by atoms with Crippen LogP contribution in [0.25, 0.3) is 0 Å².